The summed E-state index contributed by atoms with van der Waals surface area (Å²) in [6.07, 6.45) is 0.572. The molecule has 146 valence electrons. The van der Waals surface area contributed by atoms with Crippen molar-refractivity contribution < 1.29 is 9.15 Å². The molecule has 0 aliphatic carbocycles. The fourth-order valence-electron chi connectivity index (χ4n) is 3.25. The van der Waals surface area contributed by atoms with E-state index >= 15 is 0 Å². The molecule has 2 heterocycles. The average molecular weight is 393 g/mol. The molecule has 2 aromatic heterocycles. The van der Waals surface area contributed by atoms with Gasteiger partial charge >= 0.3 is 0 Å². The minimum atomic E-state index is 0.390. The lowest BCUT2D eigenvalue weighted by molar-refractivity contribution is 0.460. The molecular formula is C25H19N3O2. The zero-order valence-electron chi connectivity index (χ0n) is 16.4. The summed E-state index contributed by atoms with van der Waals surface area (Å²) in [6.45, 7) is 2.04. The number of aryl methyl sites for hydroxylation is 1. The average Bonchev–Trinajstić information content (AvgIpc) is 3.24. The topological polar surface area (TPSA) is 61.0 Å². The smallest absolute Gasteiger partial charge is 0.253 e. The largest absolute Gasteiger partial charge is 0.438 e. The van der Waals surface area contributed by atoms with Gasteiger partial charge in [-0.3, -0.25) is 0 Å². The molecule has 0 saturated heterocycles. The minimum absolute atomic E-state index is 0.390. The lowest BCUT2D eigenvalue weighted by Gasteiger charge is -2.10. The van der Waals surface area contributed by atoms with Gasteiger partial charge in [-0.05, 0) is 36.8 Å². The molecule has 0 aliphatic rings. The van der Waals surface area contributed by atoms with E-state index in [0.29, 0.717) is 35.4 Å². The third kappa shape index (κ3) is 3.78. The molecule has 3 aromatic carbocycles. The number of para-hydroxylation sites is 1. The van der Waals surface area contributed by atoms with Crippen LogP contribution in [0.25, 0.3) is 22.4 Å². The van der Waals surface area contributed by atoms with Crippen LogP contribution in [-0.4, -0.2) is 15.2 Å². The summed E-state index contributed by atoms with van der Waals surface area (Å²) in [5, 5.41) is 9.48. The molecule has 0 radical (unpaired) electrons. The first-order valence-electron chi connectivity index (χ1n) is 9.75. The molecule has 0 aliphatic heterocycles. The molecule has 5 rings (SSSR count). The second-order valence-corrected chi connectivity index (χ2v) is 7.11. The van der Waals surface area contributed by atoms with Crippen molar-refractivity contribution in [1.29, 1.82) is 0 Å². The van der Waals surface area contributed by atoms with Crippen molar-refractivity contribution in [3.63, 3.8) is 0 Å². The van der Waals surface area contributed by atoms with Gasteiger partial charge in [-0.15, -0.1) is 10.2 Å². The number of aromatic nitrogens is 3. The van der Waals surface area contributed by atoms with Gasteiger partial charge < -0.3 is 9.15 Å². The number of fused-ring (bicyclic) bond motifs is 1. The van der Waals surface area contributed by atoms with Gasteiger partial charge in [0.1, 0.15) is 11.3 Å². The number of hydrogen-bond acceptors (Lipinski definition) is 5. The van der Waals surface area contributed by atoms with Gasteiger partial charge in [0.15, 0.2) is 0 Å². The van der Waals surface area contributed by atoms with E-state index in [1.54, 1.807) is 0 Å². The Kier molecular flexibility index (Phi) is 4.69. The highest BCUT2D eigenvalue weighted by atomic mass is 16.5. The standard InChI is InChI=1S/C25H19N3O2/c1-17-11-13-20(14-12-17)29-24-21(16-19-9-5-6-10-22(19)26-24)25-28-27-23(30-25)15-18-7-3-2-4-8-18/h2-14,16H,15H2,1H3. The molecule has 0 fully saturated rings. The summed E-state index contributed by atoms with van der Waals surface area (Å²) in [6, 6.07) is 27.7. The van der Waals surface area contributed by atoms with Gasteiger partial charge in [0.05, 0.1) is 11.9 Å². The first kappa shape index (κ1) is 18.1. The van der Waals surface area contributed by atoms with Crippen molar-refractivity contribution in [2.24, 2.45) is 0 Å². The lowest BCUT2D eigenvalue weighted by atomic mass is 10.1. The second-order valence-electron chi connectivity index (χ2n) is 7.11. The summed E-state index contributed by atoms with van der Waals surface area (Å²) in [5.41, 5.74) is 3.78. The third-order valence-electron chi connectivity index (χ3n) is 4.82. The zero-order chi connectivity index (χ0) is 20.3. The van der Waals surface area contributed by atoms with Gasteiger partial charge in [-0.2, -0.15) is 0 Å². The Balaban J connectivity index is 1.54. The van der Waals surface area contributed by atoms with Crippen LogP contribution < -0.4 is 4.74 Å². The number of hydrogen-bond donors (Lipinski definition) is 0. The second kappa shape index (κ2) is 7.79. The van der Waals surface area contributed by atoms with Crippen LogP contribution in [0.3, 0.4) is 0 Å². The predicted molar refractivity (Wildman–Crippen MR) is 116 cm³/mol. The van der Waals surface area contributed by atoms with Gasteiger partial charge in [0, 0.05) is 5.39 Å². The monoisotopic (exact) mass is 393 g/mol. The van der Waals surface area contributed by atoms with Crippen LogP contribution in [-0.2, 0) is 6.42 Å². The molecular weight excluding hydrogens is 374 g/mol. The van der Waals surface area contributed by atoms with Crippen molar-refractivity contribution in [3.05, 3.63) is 102 Å². The number of rotatable bonds is 5. The molecule has 0 unspecified atom stereocenters. The molecule has 0 saturated carbocycles. The van der Waals surface area contributed by atoms with Crippen LogP contribution in [0.4, 0.5) is 0 Å². The maximum absolute atomic E-state index is 6.12. The van der Waals surface area contributed by atoms with Gasteiger partial charge in [-0.25, -0.2) is 4.98 Å². The third-order valence-corrected chi connectivity index (χ3v) is 4.82. The first-order chi connectivity index (χ1) is 14.7. The van der Waals surface area contributed by atoms with Gasteiger partial charge in [0.25, 0.3) is 5.89 Å². The Hall–Kier alpha value is -3.99. The minimum Gasteiger partial charge on any atom is -0.438 e. The number of benzene rings is 3. The van der Waals surface area contributed by atoms with E-state index in [9.17, 15) is 0 Å². The van der Waals surface area contributed by atoms with E-state index in [1.807, 2.05) is 91.9 Å². The SMILES string of the molecule is Cc1ccc(Oc2nc3ccccc3cc2-c2nnc(Cc3ccccc3)o2)cc1. The molecule has 5 nitrogen and oxygen atoms in total. The predicted octanol–water partition coefficient (Wildman–Crippen LogP) is 5.98. The number of nitrogens with zero attached hydrogens (tertiary/aromatic N) is 3. The van der Waals surface area contributed by atoms with Crippen LogP contribution in [0.5, 0.6) is 11.6 Å². The number of pyridine rings is 1. The molecule has 0 N–H and O–H groups in total. The van der Waals surface area contributed by atoms with E-state index < -0.39 is 0 Å². The summed E-state index contributed by atoms with van der Waals surface area (Å²) in [7, 11) is 0. The van der Waals surface area contributed by atoms with E-state index in [0.717, 1.165) is 22.0 Å². The molecule has 30 heavy (non-hydrogen) atoms. The molecule has 5 aromatic rings. The highest BCUT2D eigenvalue weighted by molar-refractivity contribution is 5.84. The zero-order valence-corrected chi connectivity index (χ0v) is 16.4. The van der Waals surface area contributed by atoms with Crippen LogP contribution in [0.1, 0.15) is 17.0 Å². The Morgan fingerprint density at radius 1 is 0.833 bits per heavy atom. The lowest BCUT2D eigenvalue weighted by Crippen LogP contribution is -1.93. The summed E-state index contributed by atoms with van der Waals surface area (Å²) >= 11 is 0. The fraction of sp³-hybridized carbons (Fsp3) is 0.0800. The van der Waals surface area contributed by atoms with Crippen molar-refractivity contribution in [1.82, 2.24) is 15.2 Å². The highest BCUT2D eigenvalue weighted by Gasteiger charge is 2.18. The molecule has 5 heteroatoms. The normalized spacial score (nSPS) is 11.0. The Labute approximate surface area is 174 Å². The molecule has 0 spiro atoms. The Morgan fingerprint density at radius 2 is 1.60 bits per heavy atom. The van der Waals surface area contributed by atoms with Gasteiger partial charge in [-0.1, -0.05) is 66.2 Å². The van der Waals surface area contributed by atoms with Crippen LogP contribution in [0.15, 0.2) is 89.3 Å². The molecule has 0 atom stereocenters. The van der Waals surface area contributed by atoms with E-state index in [-0.39, 0.29) is 0 Å². The van der Waals surface area contributed by atoms with Gasteiger partial charge in [0.2, 0.25) is 11.8 Å². The van der Waals surface area contributed by atoms with Crippen molar-refractivity contribution in [2.75, 3.05) is 0 Å². The van der Waals surface area contributed by atoms with Crippen LogP contribution in [0.2, 0.25) is 0 Å². The van der Waals surface area contributed by atoms with E-state index in [1.165, 1.54) is 0 Å². The van der Waals surface area contributed by atoms with Crippen molar-refractivity contribution in [2.45, 2.75) is 13.3 Å². The van der Waals surface area contributed by atoms with Crippen LogP contribution in [0, 0.1) is 6.92 Å². The van der Waals surface area contributed by atoms with Crippen molar-refractivity contribution >= 4 is 10.9 Å². The summed E-state index contributed by atoms with van der Waals surface area (Å²) in [4.78, 5) is 4.71. The Morgan fingerprint density at radius 3 is 2.43 bits per heavy atom. The molecule has 0 amide bonds. The Bertz CT molecular complexity index is 1300. The van der Waals surface area contributed by atoms with E-state index in [4.69, 9.17) is 14.1 Å². The maximum Gasteiger partial charge on any atom is 0.253 e. The van der Waals surface area contributed by atoms with Crippen molar-refractivity contribution in [3.8, 4) is 23.1 Å². The molecule has 0 bridgehead atoms. The first-order valence-corrected chi connectivity index (χ1v) is 9.75. The summed E-state index contributed by atoms with van der Waals surface area (Å²) in [5.74, 6) is 2.08. The maximum atomic E-state index is 6.12. The highest BCUT2D eigenvalue weighted by Crippen LogP contribution is 2.34. The number of ether oxygens (including phenoxy) is 1. The van der Waals surface area contributed by atoms with Crippen LogP contribution >= 0.6 is 0 Å². The quantitative estimate of drug-likeness (QED) is 0.368. The fourth-order valence-corrected chi connectivity index (χ4v) is 3.25. The van der Waals surface area contributed by atoms with E-state index in [2.05, 4.69) is 10.2 Å². The summed E-state index contributed by atoms with van der Waals surface area (Å²) < 4.78 is 12.1.